The summed E-state index contributed by atoms with van der Waals surface area (Å²) in [5.74, 6) is -6.20. The minimum absolute atomic E-state index is 0.0578. The number of fused-ring (bicyclic) bond motifs is 1. The molecule has 156 valence electrons. The van der Waals surface area contributed by atoms with Gasteiger partial charge in [0.05, 0.1) is 25.6 Å². The molecule has 1 aliphatic rings. The van der Waals surface area contributed by atoms with Gasteiger partial charge in [-0.25, -0.2) is 8.78 Å². The van der Waals surface area contributed by atoms with Crippen LogP contribution >= 0.6 is 15.9 Å². The number of rotatable bonds is 5. The summed E-state index contributed by atoms with van der Waals surface area (Å²) >= 11 is 3.10. The van der Waals surface area contributed by atoms with Crippen LogP contribution < -0.4 is 5.73 Å². The summed E-state index contributed by atoms with van der Waals surface area (Å²) in [6, 6.07) is 7.29. The highest BCUT2D eigenvalue weighted by molar-refractivity contribution is 9.10. The number of benzene rings is 2. The molecule has 1 atom stereocenters. The molecule has 0 aromatic heterocycles. The highest BCUT2D eigenvalue weighted by Crippen LogP contribution is 2.40. The number of esters is 1. The third-order valence-corrected chi connectivity index (χ3v) is 5.35. The highest BCUT2D eigenvalue weighted by Gasteiger charge is 2.58. The van der Waals surface area contributed by atoms with E-state index in [9.17, 15) is 28.0 Å². The Morgan fingerprint density at radius 3 is 2.47 bits per heavy atom. The summed E-state index contributed by atoms with van der Waals surface area (Å²) in [7, 11) is 0.979. The van der Waals surface area contributed by atoms with Crippen molar-refractivity contribution in [2.75, 3.05) is 7.11 Å². The van der Waals surface area contributed by atoms with Gasteiger partial charge in [-0.1, -0.05) is 34.1 Å². The summed E-state index contributed by atoms with van der Waals surface area (Å²) < 4.78 is 34.1. The van der Waals surface area contributed by atoms with Gasteiger partial charge in [-0.3, -0.25) is 24.1 Å². The van der Waals surface area contributed by atoms with Crippen LogP contribution in [-0.4, -0.2) is 35.7 Å². The van der Waals surface area contributed by atoms with Crippen molar-refractivity contribution in [2.45, 2.75) is 18.4 Å². The third kappa shape index (κ3) is 3.36. The van der Waals surface area contributed by atoms with Crippen LogP contribution in [0.5, 0.6) is 0 Å². The molecule has 3 amide bonds. The molecule has 2 aromatic rings. The standard InChI is InChI=1S/C20H15BrF2N2O5/c1-30-19(29)20(8-15(24)26)12-3-2-4-13(22)16(12)17(27)25(18(20)28)9-10-5-6-11(21)7-14(10)23/h2-7H,8-9H2,1H3,(H2,24,26). The SMILES string of the molecule is COC(=O)C1(CC(N)=O)C(=O)N(Cc2ccc(Br)cc2F)C(=O)c2c(F)cccc21. The molecule has 0 bridgehead atoms. The molecular formula is C20H15BrF2N2O5. The Hall–Kier alpha value is -3.14. The van der Waals surface area contributed by atoms with E-state index in [1.807, 2.05) is 0 Å². The number of carbonyl (C=O) groups is 4. The zero-order valence-electron chi connectivity index (χ0n) is 15.6. The van der Waals surface area contributed by atoms with Crippen molar-refractivity contribution >= 4 is 39.6 Å². The lowest BCUT2D eigenvalue weighted by Crippen LogP contribution is -2.59. The highest BCUT2D eigenvalue weighted by atomic mass is 79.9. The van der Waals surface area contributed by atoms with Gasteiger partial charge < -0.3 is 10.5 Å². The van der Waals surface area contributed by atoms with Crippen molar-refractivity contribution in [2.24, 2.45) is 5.73 Å². The second kappa shape index (κ2) is 7.94. The Labute approximate surface area is 177 Å². The number of halogens is 3. The van der Waals surface area contributed by atoms with E-state index >= 15 is 0 Å². The largest absolute Gasteiger partial charge is 0.468 e. The lowest BCUT2D eigenvalue weighted by molar-refractivity contribution is -0.158. The number of amides is 3. The Bertz CT molecular complexity index is 1090. The molecule has 2 aromatic carbocycles. The number of hydrogen-bond donors (Lipinski definition) is 1. The summed E-state index contributed by atoms with van der Waals surface area (Å²) in [6.45, 7) is -0.595. The predicted molar refractivity (Wildman–Crippen MR) is 103 cm³/mol. The van der Waals surface area contributed by atoms with Gasteiger partial charge in [0.1, 0.15) is 11.6 Å². The van der Waals surface area contributed by atoms with E-state index in [4.69, 9.17) is 10.5 Å². The molecule has 0 saturated heterocycles. The van der Waals surface area contributed by atoms with Crippen molar-refractivity contribution in [3.8, 4) is 0 Å². The molecule has 1 heterocycles. The molecule has 30 heavy (non-hydrogen) atoms. The van der Waals surface area contributed by atoms with Gasteiger partial charge in [-0.05, 0) is 23.8 Å². The predicted octanol–water partition coefficient (Wildman–Crippen LogP) is 2.20. The molecule has 0 spiro atoms. The van der Waals surface area contributed by atoms with Gasteiger partial charge in [-0.15, -0.1) is 0 Å². The van der Waals surface area contributed by atoms with Gasteiger partial charge in [0.25, 0.3) is 11.8 Å². The van der Waals surface area contributed by atoms with Crippen LogP contribution in [0.3, 0.4) is 0 Å². The molecule has 1 unspecified atom stereocenters. The maximum atomic E-state index is 14.6. The van der Waals surface area contributed by atoms with Crippen molar-refractivity contribution in [3.05, 3.63) is 69.2 Å². The molecule has 0 fully saturated rings. The van der Waals surface area contributed by atoms with Gasteiger partial charge in [0.2, 0.25) is 5.91 Å². The van der Waals surface area contributed by atoms with Crippen LogP contribution in [0.1, 0.15) is 27.9 Å². The van der Waals surface area contributed by atoms with Crippen LogP contribution in [0, 0.1) is 11.6 Å². The summed E-state index contributed by atoms with van der Waals surface area (Å²) in [4.78, 5) is 51.4. The van der Waals surface area contributed by atoms with E-state index in [1.54, 1.807) is 0 Å². The van der Waals surface area contributed by atoms with Gasteiger partial charge >= 0.3 is 5.97 Å². The zero-order chi connectivity index (χ0) is 22.2. The Kier molecular flexibility index (Phi) is 5.71. The van der Waals surface area contributed by atoms with Gasteiger partial charge in [-0.2, -0.15) is 0 Å². The number of nitrogens with zero attached hydrogens (tertiary/aromatic N) is 1. The number of imide groups is 1. The van der Waals surface area contributed by atoms with Crippen LogP contribution in [-0.2, 0) is 31.1 Å². The number of primary amides is 1. The molecule has 7 nitrogen and oxygen atoms in total. The first-order valence-corrected chi connectivity index (χ1v) is 9.38. The average molecular weight is 481 g/mol. The number of ether oxygens (including phenoxy) is 1. The second-order valence-corrected chi connectivity index (χ2v) is 7.55. The molecule has 2 N–H and O–H groups in total. The summed E-state index contributed by atoms with van der Waals surface area (Å²) in [6.07, 6.45) is -0.860. The maximum absolute atomic E-state index is 14.6. The number of methoxy groups -OCH3 is 1. The molecule has 1 aliphatic heterocycles. The van der Waals surface area contributed by atoms with E-state index in [0.717, 1.165) is 19.2 Å². The van der Waals surface area contributed by atoms with E-state index in [0.29, 0.717) is 9.37 Å². The first kappa shape index (κ1) is 21.6. The topological polar surface area (TPSA) is 107 Å². The fraction of sp³-hybridized carbons (Fsp3) is 0.200. The average Bonchev–Trinajstić information content (AvgIpc) is 2.68. The van der Waals surface area contributed by atoms with Crippen molar-refractivity contribution < 1.29 is 32.7 Å². The molecule has 3 rings (SSSR count). The van der Waals surface area contributed by atoms with Crippen molar-refractivity contribution in [1.82, 2.24) is 4.90 Å². The first-order chi connectivity index (χ1) is 14.1. The monoisotopic (exact) mass is 480 g/mol. The minimum atomic E-state index is -2.38. The quantitative estimate of drug-likeness (QED) is 0.401. The molecule has 10 heteroatoms. The zero-order valence-corrected chi connectivity index (χ0v) is 17.2. The van der Waals surface area contributed by atoms with Crippen LogP contribution in [0.4, 0.5) is 8.78 Å². The Morgan fingerprint density at radius 2 is 1.87 bits per heavy atom. The first-order valence-electron chi connectivity index (χ1n) is 8.59. The van der Waals surface area contributed by atoms with Crippen LogP contribution in [0.25, 0.3) is 0 Å². The number of carbonyl (C=O) groups excluding carboxylic acids is 4. The molecule has 0 saturated carbocycles. The third-order valence-electron chi connectivity index (χ3n) is 4.86. The van der Waals surface area contributed by atoms with Crippen LogP contribution in [0.2, 0.25) is 0 Å². The van der Waals surface area contributed by atoms with E-state index < -0.39 is 59.3 Å². The maximum Gasteiger partial charge on any atom is 0.326 e. The fourth-order valence-electron chi connectivity index (χ4n) is 3.51. The summed E-state index contributed by atoms with van der Waals surface area (Å²) in [5.41, 5.74) is 1.93. The Balaban J connectivity index is 2.25. The van der Waals surface area contributed by atoms with Gasteiger partial charge in [0.15, 0.2) is 5.41 Å². The second-order valence-electron chi connectivity index (χ2n) is 6.63. The van der Waals surface area contributed by atoms with Crippen molar-refractivity contribution in [1.29, 1.82) is 0 Å². The van der Waals surface area contributed by atoms with Crippen LogP contribution in [0.15, 0.2) is 40.9 Å². The van der Waals surface area contributed by atoms with E-state index in [2.05, 4.69) is 15.9 Å². The van der Waals surface area contributed by atoms with Gasteiger partial charge in [0, 0.05) is 10.0 Å². The van der Waals surface area contributed by atoms with E-state index in [-0.39, 0.29) is 11.1 Å². The summed E-state index contributed by atoms with van der Waals surface area (Å²) in [5, 5.41) is 0. The Morgan fingerprint density at radius 1 is 1.17 bits per heavy atom. The molecule has 0 aliphatic carbocycles. The number of hydrogen-bond acceptors (Lipinski definition) is 5. The fourth-order valence-corrected chi connectivity index (χ4v) is 3.84. The smallest absolute Gasteiger partial charge is 0.326 e. The molecule has 0 radical (unpaired) electrons. The molecular weight excluding hydrogens is 466 g/mol. The minimum Gasteiger partial charge on any atom is -0.468 e. The number of nitrogens with two attached hydrogens (primary N) is 1. The van der Waals surface area contributed by atoms with E-state index in [1.165, 1.54) is 24.3 Å². The normalized spacial score (nSPS) is 18.2. The van der Waals surface area contributed by atoms with Crippen molar-refractivity contribution in [3.63, 3.8) is 0 Å². The lowest BCUT2D eigenvalue weighted by Gasteiger charge is -2.39. The lowest BCUT2D eigenvalue weighted by atomic mass is 9.71.